The zero-order valence-corrected chi connectivity index (χ0v) is 12.2. The van der Waals surface area contributed by atoms with Crippen LogP contribution in [0.5, 0.6) is 0 Å². The Kier molecular flexibility index (Phi) is 5.03. The monoisotopic (exact) mass is 291 g/mol. The van der Waals surface area contributed by atoms with Crippen LogP contribution in [-0.2, 0) is 17.7 Å². The highest BCUT2D eigenvalue weighted by atomic mass is 19.1. The summed E-state index contributed by atoms with van der Waals surface area (Å²) in [5.41, 5.74) is 1.74. The van der Waals surface area contributed by atoms with Gasteiger partial charge in [0.1, 0.15) is 5.82 Å². The third-order valence-corrected chi connectivity index (χ3v) is 3.01. The molecule has 0 unspecified atom stereocenters. The number of hydrogen-bond acceptors (Lipinski definition) is 4. The Balaban J connectivity index is 2.29. The van der Waals surface area contributed by atoms with Crippen molar-refractivity contribution in [1.82, 2.24) is 15.0 Å². The first-order valence-corrected chi connectivity index (χ1v) is 6.99. The summed E-state index contributed by atoms with van der Waals surface area (Å²) in [5.74, 6) is -0.762. The zero-order valence-electron chi connectivity index (χ0n) is 12.2. The molecule has 2 aromatic rings. The minimum Gasteiger partial charge on any atom is -0.461 e. The first-order chi connectivity index (χ1) is 10.2. The number of ether oxygens (including phenoxy) is 1. The van der Waals surface area contributed by atoms with E-state index in [1.165, 1.54) is 12.1 Å². The molecule has 0 saturated heterocycles. The molecule has 0 aliphatic heterocycles. The first-order valence-electron chi connectivity index (χ1n) is 6.99. The molecule has 21 heavy (non-hydrogen) atoms. The Morgan fingerprint density at radius 1 is 1.38 bits per heavy atom. The van der Waals surface area contributed by atoms with E-state index in [4.69, 9.17) is 4.74 Å². The van der Waals surface area contributed by atoms with E-state index in [0.717, 1.165) is 17.7 Å². The van der Waals surface area contributed by atoms with Gasteiger partial charge in [-0.15, -0.1) is 5.10 Å². The topological polar surface area (TPSA) is 57.0 Å². The fourth-order valence-corrected chi connectivity index (χ4v) is 2.11. The predicted molar refractivity (Wildman–Crippen MR) is 75.5 cm³/mol. The molecule has 112 valence electrons. The van der Waals surface area contributed by atoms with Crippen molar-refractivity contribution in [2.45, 2.75) is 33.2 Å². The van der Waals surface area contributed by atoms with Crippen molar-refractivity contribution < 1.29 is 13.9 Å². The van der Waals surface area contributed by atoms with Gasteiger partial charge >= 0.3 is 5.97 Å². The number of rotatable bonds is 6. The Bertz CT molecular complexity index is 625. The normalized spacial score (nSPS) is 10.6. The Morgan fingerprint density at radius 2 is 2.19 bits per heavy atom. The molecule has 0 N–H and O–H groups in total. The Hall–Kier alpha value is -2.24. The van der Waals surface area contributed by atoms with E-state index in [-0.39, 0.29) is 11.5 Å². The molecule has 0 spiro atoms. The zero-order chi connectivity index (χ0) is 15.2. The number of benzene rings is 1. The van der Waals surface area contributed by atoms with Gasteiger partial charge in [-0.25, -0.2) is 13.9 Å². The summed E-state index contributed by atoms with van der Waals surface area (Å²) >= 11 is 0. The van der Waals surface area contributed by atoms with Crippen molar-refractivity contribution >= 4 is 5.97 Å². The van der Waals surface area contributed by atoms with Crippen molar-refractivity contribution in [2.75, 3.05) is 6.61 Å². The van der Waals surface area contributed by atoms with Crippen molar-refractivity contribution in [3.8, 4) is 0 Å². The maximum Gasteiger partial charge on any atom is 0.360 e. The van der Waals surface area contributed by atoms with Gasteiger partial charge in [0.25, 0.3) is 0 Å². The summed E-state index contributed by atoms with van der Waals surface area (Å²) < 4.78 is 19.8. The van der Waals surface area contributed by atoms with Gasteiger partial charge in [0.15, 0.2) is 5.69 Å². The second kappa shape index (κ2) is 6.97. The van der Waals surface area contributed by atoms with Crippen LogP contribution < -0.4 is 0 Å². The molecular formula is C15H18FN3O2. The van der Waals surface area contributed by atoms with Crippen LogP contribution >= 0.6 is 0 Å². The largest absolute Gasteiger partial charge is 0.461 e. The first kappa shape index (κ1) is 15.2. The van der Waals surface area contributed by atoms with Gasteiger partial charge in [-0.3, -0.25) is 0 Å². The Labute approximate surface area is 122 Å². The highest BCUT2D eigenvalue weighted by Gasteiger charge is 2.20. The summed E-state index contributed by atoms with van der Waals surface area (Å²) in [6, 6.07) is 6.29. The van der Waals surface area contributed by atoms with Crippen molar-refractivity contribution in [3.05, 3.63) is 47.0 Å². The molecule has 5 nitrogen and oxygen atoms in total. The van der Waals surface area contributed by atoms with Gasteiger partial charge in [0.05, 0.1) is 18.8 Å². The van der Waals surface area contributed by atoms with Gasteiger partial charge in [-0.05, 0) is 31.0 Å². The minimum absolute atomic E-state index is 0.245. The van der Waals surface area contributed by atoms with Crippen molar-refractivity contribution in [1.29, 1.82) is 0 Å². The number of nitrogens with zero attached hydrogens (tertiary/aromatic N) is 3. The lowest BCUT2D eigenvalue weighted by Crippen LogP contribution is -2.11. The molecule has 6 heteroatoms. The molecular weight excluding hydrogens is 273 g/mol. The van der Waals surface area contributed by atoms with Gasteiger partial charge in [-0.2, -0.15) is 0 Å². The highest BCUT2D eigenvalue weighted by Crippen LogP contribution is 2.13. The summed E-state index contributed by atoms with van der Waals surface area (Å²) in [4.78, 5) is 11.9. The smallest absolute Gasteiger partial charge is 0.360 e. The molecule has 0 atom stereocenters. The van der Waals surface area contributed by atoms with E-state index in [9.17, 15) is 9.18 Å². The number of aromatic nitrogens is 3. The van der Waals surface area contributed by atoms with E-state index in [1.54, 1.807) is 17.7 Å². The molecule has 0 bridgehead atoms. The molecule has 0 fully saturated rings. The molecule has 0 saturated carbocycles. The lowest BCUT2D eigenvalue weighted by Gasteiger charge is -2.07. The van der Waals surface area contributed by atoms with Crippen molar-refractivity contribution in [2.24, 2.45) is 0 Å². The van der Waals surface area contributed by atoms with Gasteiger partial charge in [-0.1, -0.05) is 30.7 Å². The quantitative estimate of drug-likeness (QED) is 0.768. The highest BCUT2D eigenvalue weighted by molar-refractivity contribution is 5.88. The molecule has 0 aliphatic rings. The number of hydrogen-bond donors (Lipinski definition) is 0. The summed E-state index contributed by atoms with van der Waals surface area (Å²) in [5, 5.41) is 7.92. The number of halogens is 1. The van der Waals surface area contributed by atoms with Gasteiger partial charge < -0.3 is 4.74 Å². The average Bonchev–Trinajstić information content (AvgIpc) is 2.83. The maximum atomic E-state index is 13.2. The molecule has 0 radical (unpaired) electrons. The Morgan fingerprint density at radius 3 is 2.86 bits per heavy atom. The molecule has 1 heterocycles. The van der Waals surface area contributed by atoms with Gasteiger partial charge in [0.2, 0.25) is 0 Å². The second-order valence-corrected chi connectivity index (χ2v) is 4.64. The molecule has 0 amide bonds. The third-order valence-electron chi connectivity index (χ3n) is 3.01. The molecule has 1 aromatic heterocycles. The summed E-state index contributed by atoms with van der Waals surface area (Å²) in [6.07, 6.45) is 1.51. The molecule has 2 rings (SSSR count). The van der Waals surface area contributed by atoms with Crippen LogP contribution in [0.1, 0.15) is 42.0 Å². The third kappa shape index (κ3) is 3.65. The van der Waals surface area contributed by atoms with E-state index < -0.39 is 5.97 Å². The number of esters is 1. The van der Waals surface area contributed by atoms with Crippen LogP contribution in [0.25, 0.3) is 0 Å². The molecule has 1 aromatic carbocycles. The van der Waals surface area contributed by atoms with Crippen LogP contribution in [-0.4, -0.2) is 27.6 Å². The summed E-state index contributed by atoms with van der Waals surface area (Å²) in [6.45, 7) is 4.42. The van der Waals surface area contributed by atoms with Gasteiger partial charge in [0, 0.05) is 0 Å². The standard InChI is InChI=1S/C15H18FN3O2/c1-3-6-13-14(15(20)21-4-2)17-18-19(13)10-11-7-5-8-12(16)9-11/h5,7-9H,3-4,6,10H2,1-2H3. The lowest BCUT2D eigenvalue weighted by molar-refractivity contribution is 0.0518. The maximum absolute atomic E-state index is 13.2. The SMILES string of the molecule is CCCc1c(C(=O)OCC)nnn1Cc1cccc(F)c1. The van der Waals surface area contributed by atoms with Crippen LogP contribution in [0.4, 0.5) is 4.39 Å². The fraction of sp³-hybridized carbons (Fsp3) is 0.400. The number of carbonyl (C=O) groups excluding carboxylic acids is 1. The number of carbonyl (C=O) groups is 1. The second-order valence-electron chi connectivity index (χ2n) is 4.64. The average molecular weight is 291 g/mol. The van der Waals surface area contributed by atoms with Crippen LogP contribution in [0.3, 0.4) is 0 Å². The van der Waals surface area contributed by atoms with Crippen molar-refractivity contribution in [3.63, 3.8) is 0 Å². The van der Waals surface area contributed by atoms with Crippen LogP contribution in [0.2, 0.25) is 0 Å². The fourth-order valence-electron chi connectivity index (χ4n) is 2.11. The van der Waals surface area contributed by atoms with Crippen LogP contribution in [0, 0.1) is 5.82 Å². The molecule has 0 aliphatic carbocycles. The minimum atomic E-state index is -0.466. The van der Waals surface area contributed by atoms with E-state index in [1.807, 2.05) is 13.0 Å². The van der Waals surface area contributed by atoms with E-state index in [0.29, 0.717) is 19.6 Å². The van der Waals surface area contributed by atoms with E-state index in [2.05, 4.69) is 10.3 Å². The predicted octanol–water partition coefficient (Wildman–Crippen LogP) is 2.59. The lowest BCUT2D eigenvalue weighted by atomic mass is 10.2. The van der Waals surface area contributed by atoms with E-state index >= 15 is 0 Å². The summed E-state index contributed by atoms with van der Waals surface area (Å²) in [7, 11) is 0. The van der Waals surface area contributed by atoms with Crippen LogP contribution in [0.15, 0.2) is 24.3 Å².